The van der Waals surface area contributed by atoms with Crippen LogP contribution >= 0.6 is 0 Å². The Morgan fingerprint density at radius 1 is 1.21 bits per heavy atom. The summed E-state index contributed by atoms with van der Waals surface area (Å²) in [4.78, 5) is 10.9. The fourth-order valence-corrected chi connectivity index (χ4v) is 1.97. The number of hydrogen-bond acceptors (Lipinski definition) is 4. The molecule has 1 aromatic heterocycles. The largest absolute Gasteiger partial charge is 0.355 e. The van der Waals surface area contributed by atoms with E-state index < -0.39 is 0 Å². The third kappa shape index (κ3) is 3.51. The molecule has 100 valence electrons. The molecule has 2 rings (SSSR count). The molecule has 0 fully saturated rings. The predicted octanol–water partition coefficient (Wildman–Crippen LogP) is 1.92. The van der Waals surface area contributed by atoms with Crippen molar-refractivity contribution in [1.82, 2.24) is 9.97 Å². The summed E-state index contributed by atoms with van der Waals surface area (Å²) >= 11 is 0. The van der Waals surface area contributed by atoms with E-state index in [1.54, 1.807) is 6.20 Å². The van der Waals surface area contributed by atoms with Crippen LogP contribution in [0.25, 0.3) is 0 Å². The summed E-state index contributed by atoms with van der Waals surface area (Å²) in [6.45, 7) is 3.54. The van der Waals surface area contributed by atoms with E-state index >= 15 is 0 Å². The van der Waals surface area contributed by atoms with Gasteiger partial charge >= 0.3 is 0 Å². The van der Waals surface area contributed by atoms with Crippen molar-refractivity contribution in [3.8, 4) is 0 Å². The highest BCUT2D eigenvalue weighted by Gasteiger charge is 2.06. The lowest BCUT2D eigenvalue weighted by atomic mass is 10.1. The van der Waals surface area contributed by atoms with Crippen LogP contribution in [-0.4, -0.2) is 23.6 Å². The van der Waals surface area contributed by atoms with Gasteiger partial charge in [0.2, 0.25) is 0 Å². The number of nitrogens with zero attached hydrogens (tertiary/aromatic N) is 3. The minimum Gasteiger partial charge on any atom is -0.355 e. The van der Waals surface area contributed by atoms with Gasteiger partial charge in [0.25, 0.3) is 0 Å². The summed E-state index contributed by atoms with van der Waals surface area (Å²) in [6.07, 6.45) is 2.51. The van der Waals surface area contributed by atoms with Crippen molar-refractivity contribution in [1.29, 1.82) is 0 Å². The Kier molecular flexibility index (Phi) is 4.47. The molecule has 0 saturated carbocycles. The molecule has 0 radical (unpaired) electrons. The van der Waals surface area contributed by atoms with Crippen molar-refractivity contribution in [2.75, 3.05) is 18.5 Å². The minimum atomic E-state index is 0.574. The van der Waals surface area contributed by atoms with Gasteiger partial charge in [0.1, 0.15) is 11.6 Å². The van der Waals surface area contributed by atoms with Crippen LogP contribution in [0.3, 0.4) is 0 Å². The van der Waals surface area contributed by atoms with E-state index in [4.69, 9.17) is 5.73 Å². The van der Waals surface area contributed by atoms with Crippen LogP contribution in [-0.2, 0) is 13.0 Å². The lowest BCUT2D eigenvalue weighted by Gasteiger charge is -2.19. The average Bonchev–Trinajstić information content (AvgIpc) is 2.42. The first-order chi connectivity index (χ1) is 9.20. The van der Waals surface area contributed by atoms with Crippen LogP contribution in [0.4, 0.5) is 5.82 Å². The molecule has 1 heterocycles. The molecule has 0 amide bonds. The third-order valence-corrected chi connectivity index (χ3v) is 3.12. The van der Waals surface area contributed by atoms with Crippen LogP contribution in [0.2, 0.25) is 0 Å². The van der Waals surface area contributed by atoms with Crippen molar-refractivity contribution in [2.45, 2.75) is 19.9 Å². The highest BCUT2D eigenvalue weighted by Crippen LogP contribution is 2.14. The maximum absolute atomic E-state index is 5.54. The summed E-state index contributed by atoms with van der Waals surface area (Å²) < 4.78 is 0. The number of aromatic nitrogens is 2. The first-order valence-corrected chi connectivity index (χ1v) is 6.48. The highest BCUT2D eigenvalue weighted by atomic mass is 15.2. The van der Waals surface area contributed by atoms with E-state index in [1.807, 2.05) is 13.1 Å². The molecule has 2 aromatic rings. The molecular weight excluding hydrogens is 236 g/mol. The van der Waals surface area contributed by atoms with E-state index in [0.29, 0.717) is 13.0 Å². The third-order valence-electron chi connectivity index (χ3n) is 3.12. The van der Waals surface area contributed by atoms with Gasteiger partial charge in [0.15, 0.2) is 0 Å². The zero-order valence-electron chi connectivity index (χ0n) is 11.5. The zero-order chi connectivity index (χ0) is 13.7. The van der Waals surface area contributed by atoms with E-state index in [-0.39, 0.29) is 0 Å². The van der Waals surface area contributed by atoms with Gasteiger partial charge < -0.3 is 10.6 Å². The second-order valence-electron chi connectivity index (χ2n) is 4.65. The van der Waals surface area contributed by atoms with Crippen LogP contribution in [0, 0.1) is 6.92 Å². The smallest absolute Gasteiger partial charge is 0.132 e. The van der Waals surface area contributed by atoms with Crippen LogP contribution in [0.5, 0.6) is 0 Å². The maximum Gasteiger partial charge on any atom is 0.132 e. The molecule has 0 aliphatic rings. The number of hydrogen-bond donors (Lipinski definition) is 1. The number of nitrogens with two attached hydrogens (primary N) is 1. The van der Waals surface area contributed by atoms with Gasteiger partial charge in [0, 0.05) is 26.2 Å². The quantitative estimate of drug-likeness (QED) is 0.888. The van der Waals surface area contributed by atoms with Crippen LogP contribution in [0.15, 0.2) is 36.5 Å². The summed E-state index contributed by atoms with van der Waals surface area (Å²) in [5.74, 6) is 1.73. The normalized spacial score (nSPS) is 10.5. The Morgan fingerprint density at radius 2 is 2.00 bits per heavy atom. The second kappa shape index (κ2) is 6.29. The topological polar surface area (TPSA) is 55.0 Å². The Labute approximate surface area is 114 Å². The number of benzene rings is 1. The zero-order valence-corrected chi connectivity index (χ0v) is 11.5. The SMILES string of the molecule is Cc1ccccc1CN(C)c1ccnc(CCN)n1. The predicted molar refractivity (Wildman–Crippen MR) is 78.1 cm³/mol. The molecule has 19 heavy (non-hydrogen) atoms. The average molecular weight is 256 g/mol. The number of anilines is 1. The summed E-state index contributed by atoms with van der Waals surface area (Å²) in [5, 5.41) is 0. The molecule has 4 nitrogen and oxygen atoms in total. The van der Waals surface area contributed by atoms with Gasteiger partial charge in [0.05, 0.1) is 0 Å². The van der Waals surface area contributed by atoms with Crippen molar-refractivity contribution in [3.05, 3.63) is 53.5 Å². The fraction of sp³-hybridized carbons (Fsp3) is 0.333. The van der Waals surface area contributed by atoms with Gasteiger partial charge in [-0.15, -0.1) is 0 Å². The van der Waals surface area contributed by atoms with E-state index in [1.165, 1.54) is 11.1 Å². The molecule has 1 aromatic carbocycles. The molecule has 0 spiro atoms. The van der Waals surface area contributed by atoms with Crippen molar-refractivity contribution in [3.63, 3.8) is 0 Å². The van der Waals surface area contributed by atoms with Gasteiger partial charge in [-0.05, 0) is 30.7 Å². The number of aryl methyl sites for hydroxylation is 1. The van der Waals surface area contributed by atoms with Crippen molar-refractivity contribution >= 4 is 5.82 Å². The minimum absolute atomic E-state index is 0.574. The Bertz CT molecular complexity index is 539. The van der Waals surface area contributed by atoms with Crippen LogP contribution in [0.1, 0.15) is 17.0 Å². The first-order valence-electron chi connectivity index (χ1n) is 6.48. The van der Waals surface area contributed by atoms with E-state index in [0.717, 1.165) is 18.2 Å². The summed E-state index contributed by atoms with van der Waals surface area (Å²) in [7, 11) is 2.04. The molecule has 0 bridgehead atoms. The Hall–Kier alpha value is -1.94. The van der Waals surface area contributed by atoms with Gasteiger partial charge in [-0.2, -0.15) is 0 Å². The molecular formula is C15H20N4. The van der Waals surface area contributed by atoms with Crippen LogP contribution < -0.4 is 10.6 Å². The maximum atomic E-state index is 5.54. The molecule has 0 unspecified atom stereocenters. The van der Waals surface area contributed by atoms with Crippen molar-refractivity contribution in [2.24, 2.45) is 5.73 Å². The van der Waals surface area contributed by atoms with Gasteiger partial charge in [-0.1, -0.05) is 24.3 Å². The standard InChI is InChI=1S/C15H20N4/c1-12-5-3-4-6-13(12)11-19(2)15-8-10-17-14(18-15)7-9-16/h3-6,8,10H,7,9,11,16H2,1-2H3. The number of rotatable bonds is 5. The molecule has 0 saturated heterocycles. The first kappa shape index (κ1) is 13.5. The molecule has 4 heteroatoms. The lowest BCUT2D eigenvalue weighted by molar-refractivity contribution is 0.830. The summed E-state index contributed by atoms with van der Waals surface area (Å²) in [6, 6.07) is 10.3. The monoisotopic (exact) mass is 256 g/mol. The molecule has 0 aliphatic carbocycles. The van der Waals surface area contributed by atoms with Gasteiger partial charge in [-0.25, -0.2) is 9.97 Å². The van der Waals surface area contributed by atoms with Crippen molar-refractivity contribution < 1.29 is 0 Å². The molecule has 0 atom stereocenters. The Balaban J connectivity index is 2.13. The van der Waals surface area contributed by atoms with E-state index in [2.05, 4.69) is 46.1 Å². The Morgan fingerprint density at radius 3 is 2.74 bits per heavy atom. The molecule has 0 aliphatic heterocycles. The van der Waals surface area contributed by atoms with E-state index in [9.17, 15) is 0 Å². The fourth-order valence-electron chi connectivity index (χ4n) is 1.97. The van der Waals surface area contributed by atoms with Gasteiger partial charge in [-0.3, -0.25) is 0 Å². The highest BCUT2D eigenvalue weighted by molar-refractivity contribution is 5.39. The summed E-state index contributed by atoms with van der Waals surface area (Å²) in [5.41, 5.74) is 8.14. The second-order valence-corrected chi connectivity index (χ2v) is 4.65. The molecule has 2 N–H and O–H groups in total. The lowest BCUT2D eigenvalue weighted by Crippen LogP contribution is -2.19.